The second-order valence-corrected chi connectivity index (χ2v) is 13.5. The SMILES string of the molecule is c1ccc(-c2nc(-c3ccc4c(c3)oc3ccccc34)nc(C3(c4ccccc4)c4ccccc4-c4c3c3ccccc3c3ccccc43)n2)cc1. The number of nitrogens with zero attached hydrogens (tertiary/aromatic N) is 3. The van der Waals surface area contributed by atoms with Crippen molar-refractivity contribution in [2.45, 2.75) is 5.41 Å². The van der Waals surface area contributed by atoms with Crippen LogP contribution in [0.4, 0.5) is 0 Å². The molecule has 0 saturated carbocycles. The second-order valence-electron chi connectivity index (χ2n) is 13.5. The van der Waals surface area contributed by atoms with Gasteiger partial charge >= 0.3 is 0 Å². The monoisotopic (exact) mass is 663 g/mol. The van der Waals surface area contributed by atoms with Crippen molar-refractivity contribution in [1.82, 2.24) is 15.0 Å². The van der Waals surface area contributed by atoms with Crippen molar-refractivity contribution in [3.05, 3.63) is 198 Å². The highest BCUT2D eigenvalue weighted by atomic mass is 16.3. The lowest BCUT2D eigenvalue weighted by Crippen LogP contribution is -2.32. The van der Waals surface area contributed by atoms with Crippen LogP contribution in [0.15, 0.2) is 180 Å². The van der Waals surface area contributed by atoms with Crippen LogP contribution in [-0.4, -0.2) is 15.0 Å². The Balaban J connectivity index is 1.30. The molecule has 2 aromatic heterocycles. The van der Waals surface area contributed by atoms with Crippen LogP contribution >= 0.6 is 0 Å². The highest BCUT2D eigenvalue weighted by Gasteiger charge is 2.50. The summed E-state index contributed by atoms with van der Waals surface area (Å²) >= 11 is 0. The lowest BCUT2D eigenvalue weighted by atomic mass is 9.70. The number of furan rings is 1. The van der Waals surface area contributed by atoms with Crippen LogP contribution in [0.1, 0.15) is 22.5 Å². The van der Waals surface area contributed by atoms with Gasteiger partial charge in [-0.05, 0) is 67.6 Å². The summed E-state index contributed by atoms with van der Waals surface area (Å²) < 4.78 is 6.36. The number of hydrogen-bond acceptors (Lipinski definition) is 4. The summed E-state index contributed by atoms with van der Waals surface area (Å²) in [6, 6.07) is 61.8. The molecule has 1 unspecified atom stereocenters. The van der Waals surface area contributed by atoms with E-state index < -0.39 is 5.41 Å². The molecule has 2 heterocycles. The van der Waals surface area contributed by atoms with Gasteiger partial charge in [-0.3, -0.25) is 0 Å². The first-order chi connectivity index (χ1) is 25.8. The van der Waals surface area contributed by atoms with E-state index in [1.54, 1.807) is 0 Å². The zero-order valence-electron chi connectivity index (χ0n) is 28.0. The largest absolute Gasteiger partial charge is 0.456 e. The molecule has 8 aromatic carbocycles. The summed E-state index contributed by atoms with van der Waals surface area (Å²) in [6.45, 7) is 0. The van der Waals surface area contributed by atoms with Gasteiger partial charge in [0, 0.05) is 21.9 Å². The van der Waals surface area contributed by atoms with Gasteiger partial charge in [0.25, 0.3) is 0 Å². The number of benzene rings is 8. The van der Waals surface area contributed by atoms with Crippen molar-refractivity contribution in [3.8, 4) is 33.9 Å². The molecular weight excluding hydrogens is 635 g/mol. The van der Waals surface area contributed by atoms with E-state index in [1.165, 1.54) is 38.2 Å². The fourth-order valence-electron chi connectivity index (χ4n) is 8.58. The molecule has 0 N–H and O–H groups in total. The molecule has 1 aliphatic carbocycles. The summed E-state index contributed by atoms with van der Waals surface area (Å²) in [5.41, 5.74) is 8.45. The number of aromatic nitrogens is 3. The van der Waals surface area contributed by atoms with Gasteiger partial charge < -0.3 is 4.42 Å². The fraction of sp³-hybridized carbons (Fsp3) is 0.0208. The zero-order valence-corrected chi connectivity index (χ0v) is 28.0. The van der Waals surface area contributed by atoms with Gasteiger partial charge in [-0.1, -0.05) is 158 Å². The number of rotatable bonds is 4. The van der Waals surface area contributed by atoms with Gasteiger partial charge in [0.1, 0.15) is 16.6 Å². The second kappa shape index (κ2) is 11.0. The molecule has 242 valence electrons. The molecule has 1 atom stereocenters. The Bertz CT molecular complexity index is 3020. The van der Waals surface area contributed by atoms with Crippen molar-refractivity contribution >= 4 is 43.5 Å². The van der Waals surface area contributed by atoms with Crippen molar-refractivity contribution in [1.29, 1.82) is 0 Å². The third kappa shape index (κ3) is 4.00. The van der Waals surface area contributed by atoms with Crippen LogP contribution in [0.2, 0.25) is 0 Å². The van der Waals surface area contributed by atoms with Gasteiger partial charge in [-0.25, -0.2) is 15.0 Å². The number of hydrogen-bond donors (Lipinski definition) is 0. The molecule has 0 saturated heterocycles. The molecule has 10 aromatic rings. The van der Waals surface area contributed by atoms with E-state index in [0.29, 0.717) is 17.5 Å². The minimum absolute atomic E-state index is 0.595. The number of fused-ring (bicyclic) bond motifs is 11. The van der Waals surface area contributed by atoms with Gasteiger partial charge in [0.15, 0.2) is 17.5 Å². The molecule has 0 aliphatic heterocycles. The molecule has 4 heteroatoms. The van der Waals surface area contributed by atoms with Crippen LogP contribution in [0.25, 0.3) is 77.4 Å². The smallest absolute Gasteiger partial charge is 0.163 e. The summed E-state index contributed by atoms with van der Waals surface area (Å²) in [6.07, 6.45) is 0. The maximum atomic E-state index is 6.36. The van der Waals surface area contributed by atoms with Crippen LogP contribution in [-0.2, 0) is 5.41 Å². The van der Waals surface area contributed by atoms with Gasteiger partial charge in [0.2, 0.25) is 0 Å². The molecule has 1 aliphatic rings. The third-order valence-electron chi connectivity index (χ3n) is 10.8. The summed E-state index contributed by atoms with van der Waals surface area (Å²) in [4.78, 5) is 16.2. The first kappa shape index (κ1) is 28.9. The minimum atomic E-state index is -0.860. The first-order valence-electron chi connectivity index (χ1n) is 17.6. The third-order valence-corrected chi connectivity index (χ3v) is 10.8. The summed E-state index contributed by atoms with van der Waals surface area (Å²) in [7, 11) is 0. The van der Waals surface area contributed by atoms with Crippen LogP contribution < -0.4 is 0 Å². The first-order valence-corrected chi connectivity index (χ1v) is 17.6. The van der Waals surface area contributed by atoms with Crippen molar-refractivity contribution in [2.75, 3.05) is 0 Å². The molecule has 0 amide bonds. The topological polar surface area (TPSA) is 51.8 Å². The highest BCUT2D eigenvalue weighted by molar-refractivity contribution is 6.19. The zero-order chi connectivity index (χ0) is 34.2. The normalized spacial score (nSPS) is 15.0. The Morgan fingerprint density at radius 1 is 0.404 bits per heavy atom. The molecule has 52 heavy (non-hydrogen) atoms. The van der Waals surface area contributed by atoms with Crippen LogP contribution in [0.3, 0.4) is 0 Å². The van der Waals surface area contributed by atoms with E-state index in [4.69, 9.17) is 19.4 Å². The van der Waals surface area contributed by atoms with E-state index in [1.807, 2.05) is 36.4 Å². The Morgan fingerprint density at radius 2 is 0.981 bits per heavy atom. The minimum Gasteiger partial charge on any atom is -0.456 e. The van der Waals surface area contributed by atoms with Crippen molar-refractivity contribution in [3.63, 3.8) is 0 Å². The Hall–Kier alpha value is -6.91. The Morgan fingerprint density at radius 3 is 1.77 bits per heavy atom. The predicted molar refractivity (Wildman–Crippen MR) is 210 cm³/mol. The van der Waals surface area contributed by atoms with Crippen molar-refractivity contribution < 1.29 is 4.42 Å². The standard InChI is InChI=1S/C48H29N3O/c1-3-15-30(16-4-1)45-49-46(31-27-28-36-35-21-12-14-26-41(35)52-42(36)29-31)51-47(50-45)48(32-17-5-2-6-18-32)40-25-13-11-24-39(40)43-37-22-9-7-19-33(37)34-20-8-10-23-38(34)44(43)48/h1-29H. The van der Waals surface area contributed by atoms with Gasteiger partial charge in [-0.15, -0.1) is 0 Å². The van der Waals surface area contributed by atoms with E-state index in [-0.39, 0.29) is 0 Å². The molecular formula is C48H29N3O. The Kier molecular flexibility index (Phi) is 6.13. The maximum Gasteiger partial charge on any atom is 0.163 e. The molecule has 11 rings (SSSR count). The van der Waals surface area contributed by atoms with E-state index in [0.717, 1.165) is 44.2 Å². The lowest BCUT2D eigenvalue weighted by molar-refractivity contribution is 0.669. The average Bonchev–Trinajstić information content (AvgIpc) is 3.76. The Labute approximate surface area is 299 Å². The van der Waals surface area contributed by atoms with Gasteiger partial charge in [-0.2, -0.15) is 0 Å². The number of para-hydroxylation sites is 1. The average molecular weight is 664 g/mol. The predicted octanol–water partition coefficient (Wildman–Crippen LogP) is 11.8. The van der Waals surface area contributed by atoms with Crippen molar-refractivity contribution in [2.24, 2.45) is 0 Å². The van der Waals surface area contributed by atoms with E-state index >= 15 is 0 Å². The highest BCUT2D eigenvalue weighted by Crippen LogP contribution is 2.59. The van der Waals surface area contributed by atoms with Crippen LogP contribution in [0.5, 0.6) is 0 Å². The molecule has 4 nitrogen and oxygen atoms in total. The summed E-state index contributed by atoms with van der Waals surface area (Å²) in [5.74, 6) is 1.90. The molecule has 0 radical (unpaired) electrons. The summed E-state index contributed by atoms with van der Waals surface area (Å²) in [5, 5.41) is 6.99. The molecule has 0 fully saturated rings. The maximum absolute atomic E-state index is 6.36. The van der Waals surface area contributed by atoms with E-state index in [2.05, 4.69) is 140 Å². The van der Waals surface area contributed by atoms with Crippen LogP contribution in [0, 0.1) is 0 Å². The molecule has 0 spiro atoms. The van der Waals surface area contributed by atoms with Gasteiger partial charge in [0.05, 0.1) is 0 Å². The lowest BCUT2D eigenvalue weighted by Gasteiger charge is -2.33. The molecule has 0 bridgehead atoms. The fourth-order valence-corrected chi connectivity index (χ4v) is 8.58. The quantitative estimate of drug-likeness (QED) is 0.176. The van der Waals surface area contributed by atoms with E-state index in [9.17, 15) is 0 Å².